The average molecular weight is 232 g/mol. The molecule has 0 radical (unpaired) electrons. The van der Waals surface area contributed by atoms with Crippen molar-refractivity contribution < 1.29 is 14.7 Å². The number of ketones is 2. The van der Waals surface area contributed by atoms with E-state index in [0.29, 0.717) is 17.5 Å². The quantitative estimate of drug-likeness (QED) is 0.812. The van der Waals surface area contributed by atoms with Crippen LogP contribution < -0.4 is 0 Å². The van der Waals surface area contributed by atoms with E-state index in [1.54, 1.807) is 24.3 Å². The van der Waals surface area contributed by atoms with Crippen LogP contribution in [0.4, 0.5) is 0 Å². The predicted octanol–water partition coefficient (Wildman–Crippen LogP) is 2.09. The highest BCUT2D eigenvalue weighted by Crippen LogP contribution is 2.30. The lowest BCUT2D eigenvalue weighted by Gasteiger charge is -2.17. The minimum absolute atomic E-state index is 0.237. The van der Waals surface area contributed by atoms with E-state index in [1.807, 2.05) is 13.8 Å². The Morgan fingerprint density at radius 3 is 2.00 bits per heavy atom. The van der Waals surface area contributed by atoms with E-state index < -0.39 is 12.0 Å². The Kier molecular flexibility index (Phi) is 3.11. The molecule has 3 heteroatoms. The number of aliphatic hydroxyl groups excluding tert-OH is 1. The molecular formula is C14H16O3. The van der Waals surface area contributed by atoms with Crippen LogP contribution in [0.15, 0.2) is 24.3 Å². The SMILES string of the molecule is CC(C)CC(O)C1C(=O)c2ccccc2C1=O. The van der Waals surface area contributed by atoms with Crippen LogP contribution in [-0.2, 0) is 0 Å². The Morgan fingerprint density at radius 2 is 1.59 bits per heavy atom. The Balaban J connectivity index is 2.30. The van der Waals surface area contributed by atoms with Gasteiger partial charge in [-0.2, -0.15) is 0 Å². The van der Waals surface area contributed by atoms with Gasteiger partial charge < -0.3 is 5.11 Å². The highest BCUT2D eigenvalue weighted by Gasteiger charge is 2.42. The third-order valence-electron chi connectivity index (χ3n) is 3.12. The number of hydrogen-bond acceptors (Lipinski definition) is 3. The summed E-state index contributed by atoms with van der Waals surface area (Å²) in [5.41, 5.74) is 0.899. The summed E-state index contributed by atoms with van der Waals surface area (Å²) in [6.45, 7) is 3.92. The Bertz CT molecular complexity index is 427. The average Bonchev–Trinajstić information content (AvgIpc) is 2.51. The minimum Gasteiger partial charge on any atom is -0.392 e. The zero-order valence-corrected chi connectivity index (χ0v) is 10.0. The van der Waals surface area contributed by atoms with Crippen molar-refractivity contribution in [2.75, 3.05) is 0 Å². The summed E-state index contributed by atoms with van der Waals surface area (Å²) in [5.74, 6) is -1.11. The van der Waals surface area contributed by atoms with Gasteiger partial charge in [0.05, 0.1) is 6.10 Å². The van der Waals surface area contributed by atoms with Gasteiger partial charge in [0.25, 0.3) is 0 Å². The van der Waals surface area contributed by atoms with Crippen LogP contribution in [0.3, 0.4) is 0 Å². The van der Waals surface area contributed by atoms with Crippen LogP contribution in [0.2, 0.25) is 0 Å². The molecule has 1 aliphatic rings. The Morgan fingerprint density at radius 1 is 1.12 bits per heavy atom. The summed E-state index contributed by atoms with van der Waals surface area (Å²) in [7, 11) is 0. The van der Waals surface area contributed by atoms with E-state index in [2.05, 4.69) is 0 Å². The highest BCUT2D eigenvalue weighted by molar-refractivity contribution is 6.26. The predicted molar refractivity (Wildman–Crippen MR) is 64.1 cm³/mol. The van der Waals surface area contributed by atoms with Crippen molar-refractivity contribution in [1.29, 1.82) is 0 Å². The van der Waals surface area contributed by atoms with Gasteiger partial charge >= 0.3 is 0 Å². The molecule has 0 spiro atoms. The van der Waals surface area contributed by atoms with Crippen molar-refractivity contribution >= 4 is 11.6 Å². The van der Waals surface area contributed by atoms with Gasteiger partial charge in [-0.15, -0.1) is 0 Å². The topological polar surface area (TPSA) is 54.4 Å². The molecule has 0 bridgehead atoms. The lowest BCUT2D eigenvalue weighted by molar-refractivity contribution is 0.0561. The van der Waals surface area contributed by atoms with Crippen molar-refractivity contribution in [1.82, 2.24) is 0 Å². The highest BCUT2D eigenvalue weighted by atomic mass is 16.3. The molecular weight excluding hydrogens is 216 g/mol. The second-order valence-corrected chi connectivity index (χ2v) is 4.95. The summed E-state index contributed by atoms with van der Waals surface area (Å²) >= 11 is 0. The maximum absolute atomic E-state index is 12.0. The third kappa shape index (κ3) is 2.03. The molecule has 1 N–H and O–H groups in total. The van der Waals surface area contributed by atoms with E-state index in [4.69, 9.17) is 0 Å². The third-order valence-corrected chi connectivity index (χ3v) is 3.12. The van der Waals surface area contributed by atoms with Crippen LogP contribution >= 0.6 is 0 Å². The van der Waals surface area contributed by atoms with Gasteiger partial charge in [-0.3, -0.25) is 9.59 Å². The fourth-order valence-corrected chi connectivity index (χ4v) is 2.34. The van der Waals surface area contributed by atoms with Crippen molar-refractivity contribution in [2.45, 2.75) is 26.4 Å². The van der Waals surface area contributed by atoms with Crippen LogP contribution in [0, 0.1) is 11.8 Å². The van der Waals surface area contributed by atoms with E-state index in [0.717, 1.165) is 0 Å². The second kappa shape index (κ2) is 4.41. The lowest BCUT2D eigenvalue weighted by Crippen LogP contribution is -2.31. The molecule has 0 heterocycles. The number of benzene rings is 1. The maximum Gasteiger partial charge on any atom is 0.177 e. The Hall–Kier alpha value is -1.48. The van der Waals surface area contributed by atoms with E-state index in [1.165, 1.54) is 0 Å². The zero-order valence-electron chi connectivity index (χ0n) is 10.0. The van der Waals surface area contributed by atoms with Gasteiger partial charge in [0, 0.05) is 11.1 Å². The summed E-state index contributed by atoms with van der Waals surface area (Å²) in [6, 6.07) is 6.78. The van der Waals surface area contributed by atoms with Crippen molar-refractivity contribution in [3.63, 3.8) is 0 Å². The molecule has 0 aromatic heterocycles. The first-order valence-corrected chi connectivity index (χ1v) is 5.88. The number of aliphatic hydroxyl groups is 1. The van der Waals surface area contributed by atoms with Crippen LogP contribution in [0.5, 0.6) is 0 Å². The van der Waals surface area contributed by atoms with Crippen LogP contribution in [0.1, 0.15) is 41.0 Å². The monoisotopic (exact) mass is 232 g/mol. The maximum atomic E-state index is 12.0. The van der Waals surface area contributed by atoms with Gasteiger partial charge in [-0.25, -0.2) is 0 Å². The second-order valence-electron chi connectivity index (χ2n) is 4.95. The summed E-state index contributed by atoms with van der Waals surface area (Å²) in [4.78, 5) is 24.1. The number of carbonyl (C=O) groups excluding carboxylic acids is 2. The number of fused-ring (bicyclic) bond motifs is 1. The Labute approximate surface area is 100 Å². The molecule has 0 amide bonds. The van der Waals surface area contributed by atoms with Crippen LogP contribution in [0.25, 0.3) is 0 Å². The first-order valence-electron chi connectivity index (χ1n) is 5.88. The molecule has 17 heavy (non-hydrogen) atoms. The van der Waals surface area contributed by atoms with Gasteiger partial charge in [0.15, 0.2) is 11.6 Å². The number of Topliss-reactive ketones (excluding diaryl/α,β-unsaturated/α-hetero) is 2. The van der Waals surface area contributed by atoms with Crippen LogP contribution in [-0.4, -0.2) is 22.8 Å². The normalized spacial score (nSPS) is 17.6. The molecule has 90 valence electrons. The van der Waals surface area contributed by atoms with Gasteiger partial charge in [-0.1, -0.05) is 38.1 Å². The number of hydrogen-bond donors (Lipinski definition) is 1. The molecule has 1 aromatic carbocycles. The molecule has 3 nitrogen and oxygen atoms in total. The molecule has 1 atom stereocenters. The molecule has 1 aromatic rings. The number of rotatable bonds is 3. The first kappa shape index (κ1) is 12.0. The fraction of sp³-hybridized carbons (Fsp3) is 0.429. The van der Waals surface area contributed by atoms with Crippen molar-refractivity contribution in [3.8, 4) is 0 Å². The molecule has 0 aliphatic heterocycles. The van der Waals surface area contributed by atoms with E-state index in [9.17, 15) is 14.7 Å². The smallest absolute Gasteiger partial charge is 0.177 e. The fourth-order valence-electron chi connectivity index (χ4n) is 2.34. The van der Waals surface area contributed by atoms with Gasteiger partial charge in [0.1, 0.15) is 5.92 Å². The van der Waals surface area contributed by atoms with Gasteiger partial charge in [-0.05, 0) is 12.3 Å². The molecule has 0 saturated carbocycles. The van der Waals surface area contributed by atoms with Gasteiger partial charge in [0.2, 0.25) is 0 Å². The van der Waals surface area contributed by atoms with Crippen molar-refractivity contribution in [2.24, 2.45) is 11.8 Å². The van der Waals surface area contributed by atoms with E-state index in [-0.39, 0.29) is 17.5 Å². The molecule has 0 saturated heterocycles. The van der Waals surface area contributed by atoms with E-state index >= 15 is 0 Å². The standard InChI is InChI=1S/C14H16O3/c1-8(2)7-11(15)12-13(16)9-5-3-4-6-10(9)14(12)17/h3-6,8,11-12,15H,7H2,1-2H3. The zero-order chi connectivity index (χ0) is 12.6. The summed E-state index contributed by atoms with van der Waals surface area (Å²) in [6.07, 6.45) is -0.404. The molecule has 1 aliphatic carbocycles. The summed E-state index contributed by atoms with van der Waals surface area (Å²) in [5, 5.41) is 9.99. The lowest BCUT2D eigenvalue weighted by atomic mass is 9.91. The largest absolute Gasteiger partial charge is 0.392 e. The molecule has 0 fully saturated rings. The van der Waals surface area contributed by atoms with Crippen molar-refractivity contribution in [3.05, 3.63) is 35.4 Å². The molecule has 1 unspecified atom stereocenters. The summed E-state index contributed by atoms with van der Waals surface area (Å²) < 4.78 is 0. The number of carbonyl (C=O) groups is 2. The minimum atomic E-state index is -0.894. The first-order chi connectivity index (χ1) is 8.02. The molecule has 2 rings (SSSR count).